The van der Waals surface area contributed by atoms with Gasteiger partial charge in [-0.15, -0.1) is 0 Å². The summed E-state index contributed by atoms with van der Waals surface area (Å²) in [6.07, 6.45) is 3.41. The minimum absolute atomic E-state index is 0.100. The smallest absolute Gasteiger partial charge is 0.254 e. The highest BCUT2D eigenvalue weighted by atomic mass is 35.5. The first-order valence-electron chi connectivity index (χ1n) is 7.83. The molecule has 0 saturated heterocycles. The highest BCUT2D eigenvalue weighted by molar-refractivity contribution is 6.30. The first kappa shape index (κ1) is 17.0. The lowest BCUT2D eigenvalue weighted by Gasteiger charge is -2.23. The highest BCUT2D eigenvalue weighted by Gasteiger charge is 2.17. The number of benzene rings is 2. The Kier molecular flexibility index (Phi) is 5.31. The van der Waals surface area contributed by atoms with Gasteiger partial charge < -0.3 is 10.0 Å². The predicted octanol–water partition coefficient (Wildman–Crippen LogP) is 4.28. The fraction of sp³-hybridized carbons (Fsp3) is 0.100. The predicted molar refractivity (Wildman–Crippen MR) is 97.4 cm³/mol. The van der Waals surface area contributed by atoms with Crippen LogP contribution in [-0.2, 0) is 13.1 Å². The maximum atomic E-state index is 13.0. The monoisotopic (exact) mass is 352 g/mol. The number of halogens is 1. The summed E-state index contributed by atoms with van der Waals surface area (Å²) in [6, 6.07) is 17.5. The second-order valence-electron chi connectivity index (χ2n) is 5.69. The molecule has 25 heavy (non-hydrogen) atoms. The first-order chi connectivity index (χ1) is 12.1. The Hall–Kier alpha value is -2.85. The standard InChI is InChI=1S/C20H17ClN2O2/c21-18-6-4-17(5-7-18)20(25)23(13-15-8-10-22-11-9-15)14-16-2-1-3-19(24)12-16/h1-12,24H,13-14H2. The van der Waals surface area contributed by atoms with Crippen LogP contribution in [0, 0.1) is 0 Å². The Morgan fingerprint density at radius 1 is 0.960 bits per heavy atom. The van der Waals surface area contributed by atoms with Crippen molar-refractivity contribution in [1.82, 2.24) is 9.88 Å². The van der Waals surface area contributed by atoms with E-state index < -0.39 is 0 Å². The summed E-state index contributed by atoms with van der Waals surface area (Å²) in [7, 11) is 0. The van der Waals surface area contributed by atoms with Gasteiger partial charge in [-0.2, -0.15) is 0 Å². The summed E-state index contributed by atoms with van der Waals surface area (Å²) < 4.78 is 0. The van der Waals surface area contributed by atoms with Crippen LogP contribution in [-0.4, -0.2) is 20.9 Å². The van der Waals surface area contributed by atoms with Gasteiger partial charge in [0.15, 0.2) is 0 Å². The third-order valence-electron chi connectivity index (χ3n) is 3.79. The first-order valence-corrected chi connectivity index (χ1v) is 8.21. The third kappa shape index (κ3) is 4.58. The number of hydrogen-bond acceptors (Lipinski definition) is 3. The number of phenols is 1. The second-order valence-corrected chi connectivity index (χ2v) is 6.13. The van der Waals surface area contributed by atoms with E-state index >= 15 is 0 Å². The fourth-order valence-corrected chi connectivity index (χ4v) is 2.68. The van der Waals surface area contributed by atoms with E-state index in [1.165, 1.54) is 0 Å². The Morgan fingerprint density at radius 2 is 1.64 bits per heavy atom. The SMILES string of the molecule is O=C(c1ccc(Cl)cc1)N(Cc1ccncc1)Cc1cccc(O)c1. The van der Waals surface area contributed by atoms with Gasteiger partial charge in [0.05, 0.1) is 0 Å². The molecule has 0 spiro atoms. The van der Waals surface area contributed by atoms with Crippen LogP contribution in [0.1, 0.15) is 21.5 Å². The zero-order valence-electron chi connectivity index (χ0n) is 13.5. The minimum Gasteiger partial charge on any atom is -0.508 e. The molecule has 0 aliphatic rings. The number of amides is 1. The van der Waals surface area contributed by atoms with E-state index in [0.29, 0.717) is 23.7 Å². The number of carbonyl (C=O) groups is 1. The largest absolute Gasteiger partial charge is 0.508 e. The van der Waals surface area contributed by atoms with Gasteiger partial charge in [0.1, 0.15) is 5.75 Å². The molecule has 4 nitrogen and oxygen atoms in total. The molecule has 0 fully saturated rings. The number of rotatable bonds is 5. The van der Waals surface area contributed by atoms with Crippen molar-refractivity contribution in [3.05, 3.63) is 94.8 Å². The average Bonchev–Trinajstić information content (AvgIpc) is 2.62. The van der Waals surface area contributed by atoms with Gasteiger partial charge in [0.2, 0.25) is 0 Å². The number of aromatic hydroxyl groups is 1. The van der Waals surface area contributed by atoms with Crippen molar-refractivity contribution in [2.24, 2.45) is 0 Å². The summed E-state index contributed by atoms with van der Waals surface area (Å²) in [5.41, 5.74) is 2.41. The molecule has 0 bridgehead atoms. The Morgan fingerprint density at radius 3 is 2.32 bits per heavy atom. The van der Waals surface area contributed by atoms with E-state index in [1.54, 1.807) is 59.8 Å². The van der Waals surface area contributed by atoms with Crippen molar-refractivity contribution in [1.29, 1.82) is 0 Å². The van der Waals surface area contributed by atoms with Crippen molar-refractivity contribution >= 4 is 17.5 Å². The van der Waals surface area contributed by atoms with Crippen molar-refractivity contribution in [2.75, 3.05) is 0 Å². The molecule has 0 atom stereocenters. The van der Waals surface area contributed by atoms with Gasteiger partial charge in [-0.3, -0.25) is 9.78 Å². The molecule has 2 aromatic carbocycles. The molecular formula is C20H17ClN2O2. The Labute approximate surface area is 151 Å². The maximum absolute atomic E-state index is 13.0. The van der Waals surface area contributed by atoms with E-state index in [1.807, 2.05) is 18.2 Å². The van der Waals surface area contributed by atoms with Gasteiger partial charge in [0.25, 0.3) is 5.91 Å². The van der Waals surface area contributed by atoms with Crippen LogP contribution in [0.5, 0.6) is 5.75 Å². The van der Waals surface area contributed by atoms with Crippen molar-refractivity contribution < 1.29 is 9.90 Å². The van der Waals surface area contributed by atoms with Crippen molar-refractivity contribution in [3.8, 4) is 5.75 Å². The quantitative estimate of drug-likeness (QED) is 0.745. The van der Waals surface area contributed by atoms with E-state index in [0.717, 1.165) is 11.1 Å². The van der Waals surface area contributed by atoms with Crippen LogP contribution >= 0.6 is 11.6 Å². The summed E-state index contributed by atoms with van der Waals surface area (Å²) in [6.45, 7) is 0.831. The molecule has 0 aliphatic heterocycles. The van der Waals surface area contributed by atoms with Crippen molar-refractivity contribution in [2.45, 2.75) is 13.1 Å². The van der Waals surface area contributed by atoms with Crippen molar-refractivity contribution in [3.63, 3.8) is 0 Å². The van der Waals surface area contributed by atoms with Gasteiger partial charge in [-0.25, -0.2) is 0 Å². The van der Waals surface area contributed by atoms with Crippen LogP contribution in [0.2, 0.25) is 5.02 Å². The number of pyridine rings is 1. The molecule has 126 valence electrons. The van der Waals surface area contributed by atoms with Crippen LogP contribution in [0.15, 0.2) is 73.1 Å². The number of nitrogens with zero attached hydrogens (tertiary/aromatic N) is 2. The van der Waals surface area contributed by atoms with Gasteiger partial charge in [-0.05, 0) is 59.7 Å². The molecule has 1 amide bonds. The molecule has 0 saturated carbocycles. The normalized spacial score (nSPS) is 10.4. The summed E-state index contributed by atoms with van der Waals surface area (Å²) in [5, 5.41) is 10.3. The zero-order chi connectivity index (χ0) is 17.6. The number of aromatic nitrogens is 1. The Bertz CT molecular complexity index is 851. The second kappa shape index (κ2) is 7.81. The molecule has 1 heterocycles. The molecule has 3 aromatic rings. The lowest BCUT2D eigenvalue weighted by Crippen LogP contribution is -2.30. The number of hydrogen-bond donors (Lipinski definition) is 1. The van der Waals surface area contributed by atoms with E-state index in [2.05, 4.69) is 4.98 Å². The highest BCUT2D eigenvalue weighted by Crippen LogP contribution is 2.18. The van der Waals surface area contributed by atoms with Gasteiger partial charge in [0, 0.05) is 36.1 Å². The van der Waals surface area contributed by atoms with E-state index in [9.17, 15) is 9.90 Å². The zero-order valence-corrected chi connectivity index (χ0v) is 14.2. The number of phenolic OH excluding ortho intramolecular Hbond substituents is 1. The van der Waals surface area contributed by atoms with Crippen LogP contribution in [0.3, 0.4) is 0 Å². The lowest BCUT2D eigenvalue weighted by molar-refractivity contribution is 0.0730. The fourth-order valence-electron chi connectivity index (χ4n) is 2.56. The third-order valence-corrected chi connectivity index (χ3v) is 4.04. The average molecular weight is 353 g/mol. The summed E-state index contributed by atoms with van der Waals surface area (Å²) >= 11 is 5.91. The molecule has 0 unspecified atom stereocenters. The molecule has 5 heteroatoms. The van der Waals surface area contributed by atoms with E-state index in [4.69, 9.17) is 11.6 Å². The topological polar surface area (TPSA) is 53.4 Å². The van der Waals surface area contributed by atoms with Crippen LogP contribution < -0.4 is 0 Å². The molecule has 1 N–H and O–H groups in total. The molecule has 1 aromatic heterocycles. The molecule has 0 radical (unpaired) electrons. The summed E-state index contributed by atoms with van der Waals surface area (Å²) in [4.78, 5) is 18.7. The van der Waals surface area contributed by atoms with Crippen LogP contribution in [0.4, 0.5) is 0 Å². The summed E-state index contributed by atoms with van der Waals surface area (Å²) in [5.74, 6) is 0.0807. The van der Waals surface area contributed by atoms with E-state index in [-0.39, 0.29) is 11.7 Å². The van der Waals surface area contributed by atoms with Gasteiger partial charge >= 0.3 is 0 Å². The van der Waals surface area contributed by atoms with Gasteiger partial charge in [-0.1, -0.05) is 23.7 Å². The molecule has 3 rings (SSSR count). The number of carbonyl (C=O) groups excluding carboxylic acids is 1. The maximum Gasteiger partial charge on any atom is 0.254 e. The molecule has 0 aliphatic carbocycles. The minimum atomic E-state index is -0.100. The Balaban J connectivity index is 1.87. The molecular weight excluding hydrogens is 336 g/mol. The lowest BCUT2D eigenvalue weighted by atomic mass is 10.1. The van der Waals surface area contributed by atoms with Crippen LogP contribution in [0.25, 0.3) is 0 Å².